The summed E-state index contributed by atoms with van der Waals surface area (Å²) in [4.78, 5) is 11.4. The monoisotopic (exact) mass is 256 g/mol. The van der Waals surface area contributed by atoms with E-state index in [-0.39, 0.29) is 36.3 Å². The summed E-state index contributed by atoms with van der Waals surface area (Å²) in [6.45, 7) is 3.79. The molecule has 5 heteroatoms. The minimum Gasteiger partial charge on any atom is -0.469 e. The fourth-order valence-electron chi connectivity index (χ4n) is 3.54. The van der Waals surface area contributed by atoms with E-state index in [2.05, 4.69) is 0 Å². The van der Waals surface area contributed by atoms with Crippen molar-refractivity contribution in [2.75, 3.05) is 7.11 Å². The molecule has 5 nitrogen and oxygen atoms in total. The van der Waals surface area contributed by atoms with Gasteiger partial charge in [0.1, 0.15) is 6.10 Å². The van der Waals surface area contributed by atoms with Gasteiger partial charge in [-0.05, 0) is 32.6 Å². The first-order valence-electron chi connectivity index (χ1n) is 6.58. The Balaban J connectivity index is 1.72. The molecule has 3 aliphatic rings. The van der Waals surface area contributed by atoms with E-state index in [1.807, 2.05) is 13.8 Å². The van der Waals surface area contributed by atoms with E-state index in [4.69, 9.17) is 18.9 Å². The van der Waals surface area contributed by atoms with E-state index >= 15 is 0 Å². The average molecular weight is 256 g/mol. The van der Waals surface area contributed by atoms with Crippen LogP contribution in [-0.4, -0.2) is 37.4 Å². The highest BCUT2D eigenvalue weighted by Crippen LogP contribution is 2.50. The minimum atomic E-state index is -0.585. The molecular formula is C13H20O5. The molecule has 0 aromatic rings. The highest BCUT2D eigenvalue weighted by molar-refractivity contribution is 5.69. The molecule has 2 saturated heterocycles. The van der Waals surface area contributed by atoms with Crippen LogP contribution in [0, 0.1) is 11.8 Å². The summed E-state index contributed by atoms with van der Waals surface area (Å²) in [5, 5.41) is 0. The van der Waals surface area contributed by atoms with Crippen LogP contribution in [0.4, 0.5) is 0 Å². The molecule has 0 unspecified atom stereocenters. The predicted molar refractivity (Wildman–Crippen MR) is 61.5 cm³/mol. The number of methoxy groups -OCH3 is 1. The summed E-state index contributed by atoms with van der Waals surface area (Å²) in [6.07, 6.45) is 2.29. The molecule has 0 aromatic carbocycles. The van der Waals surface area contributed by atoms with Gasteiger partial charge in [0.05, 0.1) is 13.2 Å². The number of ether oxygens (including phenoxy) is 4. The average Bonchev–Trinajstić information content (AvgIpc) is 2.88. The van der Waals surface area contributed by atoms with Gasteiger partial charge in [0.2, 0.25) is 0 Å². The number of hydrogen-bond acceptors (Lipinski definition) is 5. The summed E-state index contributed by atoms with van der Waals surface area (Å²) in [5.74, 6) is -0.188. The van der Waals surface area contributed by atoms with Gasteiger partial charge < -0.3 is 18.9 Å². The van der Waals surface area contributed by atoms with Crippen LogP contribution >= 0.6 is 0 Å². The quantitative estimate of drug-likeness (QED) is 0.700. The third-order valence-corrected chi connectivity index (χ3v) is 4.23. The lowest BCUT2D eigenvalue weighted by Gasteiger charge is -2.24. The van der Waals surface area contributed by atoms with Gasteiger partial charge in [-0.25, -0.2) is 0 Å². The summed E-state index contributed by atoms with van der Waals surface area (Å²) in [7, 11) is 1.43. The summed E-state index contributed by atoms with van der Waals surface area (Å²) in [5.41, 5.74) is 0. The van der Waals surface area contributed by atoms with Gasteiger partial charge in [-0.1, -0.05) is 0 Å². The minimum absolute atomic E-state index is 0.0397. The molecule has 3 fully saturated rings. The van der Waals surface area contributed by atoms with Crippen molar-refractivity contribution in [1.82, 2.24) is 0 Å². The van der Waals surface area contributed by atoms with Crippen LogP contribution in [0.5, 0.6) is 0 Å². The largest absolute Gasteiger partial charge is 0.469 e. The highest BCUT2D eigenvalue weighted by atomic mass is 16.8. The van der Waals surface area contributed by atoms with Crippen molar-refractivity contribution in [3.8, 4) is 0 Å². The molecule has 0 radical (unpaired) electrons. The second-order valence-corrected chi connectivity index (χ2v) is 5.84. The van der Waals surface area contributed by atoms with Gasteiger partial charge in [0, 0.05) is 12.3 Å². The number of esters is 1. The lowest BCUT2D eigenvalue weighted by atomic mass is 9.88. The standard InChI is InChI=1S/C13H20O5/c1-13(2)17-11-10-7(6-9(14)15-3)4-5-8(10)16-12(11)18-13/h7-8,10-12H,4-6H2,1-3H3/t7-,8-,10+,11-,12-/m1/s1. The number of hydrogen-bond donors (Lipinski definition) is 0. The zero-order chi connectivity index (χ0) is 12.9. The second-order valence-electron chi connectivity index (χ2n) is 5.84. The Bertz CT molecular complexity index is 353. The zero-order valence-corrected chi connectivity index (χ0v) is 11.0. The molecule has 0 N–H and O–H groups in total. The maximum atomic E-state index is 11.4. The Kier molecular flexibility index (Phi) is 2.88. The Hall–Kier alpha value is -0.650. The first kappa shape index (κ1) is 12.4. The van der Waals surface area contributed by atoms with Crippen LogP contribution in [0.25, 0.3) is 0 Å². The van der Waals surface area contributed by atoms with Gasteiger partial charge in [0.25, 0.3) is 0 Å². The molecule has 1 aliphatic carbocycles. The molecule has 0 amide bonds. The SMILES string of the molecule is COC(=O)C[C@H]1CC[C@H]2O[C@@H]3OC(C)(C)O[C@@H]3[C@@H]12. The van der Waals surface area contributed by atoms with E-state index in [0.29, 0.717) is 6.42 Å². The Morgan fingerprint density at radius 2 is 2.11 bits per heavy atom. The van der Waals surface area contributed by atoms with E-state index in [0.717, 1.165) is 12.8 Å². The smallest absolute Gasteiger partial charge is 0.305 e. The molecular weight excluding hydrogens is 236 g/mol. The van der Waals surface area contributed by atoms with Crippen molar-refractivity contribution in [2.24, 2.45) is 11.8 Å². The summed E-state index contributed by atoms with van der Waals surface area (Å²) in [6, 6.07) is 0. The second kappa shape index (κ2) is 4.18. The molecule has 3 rings (SSSR count). The van der Waals surface area contributed by atoms with Crippen molar-refractivity contribution in [2.45, 2.75) is 57.4 Å². The van der Waals surface area contributed by atoms with Gasteiger partial charge in [0.15, 0.2) is 12.1 Å². The van der Waals surface area contributed by atoms with E-state index in [1.165, 1.54) is 7.11 Å². The maximum absolute atomic E-state index is 11.4. The molecule has 5 atom stereocenters. The number of carbonyl (C=O) groups excluding carboxylic acids is 1. The Labute approximate surface area is 107 Å². The van der Waals surface area contributed by atoms with Gasteiger partial charge >= 0.3 is 5.97 Å². The van der Waals surface area contributed by atoms with Gasteiger partial charge in [-0.15, -0.1) is 0 Å². The molecule has 2 heterocycles. The van der Waals surface area contributed by atoms with Crippen molar-refractivity contribution in [3.63, 3.8) is 0 Å². The van der Waals surface area contributed by atoms with Crippen molar-refractivity contribution < 1.29 is 23.7 Å². The van der Waals surface area contributed by atoms with E-state index < -0.39 is 5.79 Å². The first-order valence-corrected chi connectivity index (χ1v) is 6.58. The Morgan fingerprint density at radius 3 is 2.83 bits per heavy atom. The van der Waals surface area contributed by atoms with Crippen molar-refractivity contribution in [1.29, 1.82) is 0 Å². The molecule has 1 saturated carbocycles. The Morgan fingerprint density at radius 1 is 1.33 bits per heavy atom. The third-order valence-electron chi connectivity index (χ3n) is 4.23. The van der Waals surface area contributed by atoms with Crippen molar-refractivity contribution in [3.05, 3.63) is 0 Å². The maximum Gasteiger partial charge on any atom is 0.305 e. The highest BCUT2D eigenvalue weighted by Gasteiger charge is 2.58. The lowest BCUT2D eigenvalue weighted by Crippen LogP contribution is -2.31. The fraction of sp³-hybridized carbons (Fsp3) is 0.923. The number of carbonyl (C=O) groups is 1. The molecule has 2 aliphatic heterocycles. The zero-order valence-electron chi connectivity index (χ0n) is 11.0. The van der Waals surface area contributed by atoms with Crippen LogP contribution in [0.15, 0.2) is 0 Å². The van der Waals surface area contributed by atoms with Crippen LogP contribution in [0.1, 0.15) is 33.1 Å². The summed E-state index contributed by atoms with van der Waals surface area (Å²) >= 11 is 0. The number of fused-ring (bicyclic) bond motifs is 3. The lowest BCUT2D eigenvalue weighted by molar-refractivity contribution is -0.208. The van der Waals surface area contributed by atoms with Crippen LogP contribution in [0.3, 0.4) is 0 Å². The van der Waals surface area contributed by atoms with Crippen LogP contribution in [-0.2, 0) is 23.7 Å². The molecule has 102 valence electrons. The molecule has 0 spiro atoms. The van der Waals surface area contributed by atoms with E-state index in [9.17, 15) is 4.79 Å². The van der Waals surface area contributed by atoms with Crippen LogP contribution in [0.2, 0.25) is 0 Å². The third kappa shape index (κ3) is 1.94. The first-order chi connectivity index (χ1) is 8.50. The van der Waals surface area contributed by atoms with Gasteiger partial charge in [-0.2, -0.15) is 0 Å². The number of rotatable bonds is 2. The van der Waals surface area contributed by atoms with E-state index in [1.54, 1.807) is 0 Å². The van der Waals surface area contributed by atoms with Crippen LogP contribution < -0.4 is 0 Å². The molecule has 18 heavy (non-hydrogen) atoms. The molecule has 0 aromatic heterocycles. The molecule has 0 bridgehead atoms. The topological polar surface area (TPSA) is 54.0 Å². The fourth-order valence-corrected chi connectivity index (χ4v) is 3.54. The van der Waals surface area contributed by atoms with Crippen molar-refractivity contribution >= 4 is 5.97 Å². The van der Waals surface area contributed by atoms with Gasteiger partial charge in [-0.3, -0.25) is 4.79 Å². The normalized spacial score (nSPS) is 44.7. The summed E-state index contributed by atoms with van der Waals surface area (Å²) < 4.78 is 22.3. The predicted octanol–water partition coefficient (Wildman–Crippen LogP) is 1.45.